The fourth-order valence-corrected chi connectivity index (χ4v) is 4.81. The van der Waals surface area contributed by atoms with Crippen molar-refractivity contribution in [2.24, 2.45) is 0 Å². The normalized spacial score (nSPS) is 18.0. The average molecular weight is 466 g/mol. The van der Waals surface area contributed by atoms with Gasteiger partial charge in [0.1, 0.15) is 12.6 Å². The smallest absolute Gasteiger partial charge is 0.407 e. The minimum atomic E-state index is -1.19. The van der Waals surface area contributed by atoms with Crippen LogP contribution in [-0.4, -0.2) is 77.7 Å². The highest BCUT2D eigenvalue weighted by Gasteiger charge is 2.37. The number of carbonyl (C=O) groups is 3. The van der Waals surface area contributed by atoms with E-state index in [-0.39, 0.29) is 18.1 Å². The van der Waals surface area contributed by atoms with Gasteiger partial charge in [-0.1, -0.05) is 48.5 Å². The van der Waals surface area contributed by atoms with Crippen LogP contribution in [0.15, 0.2) is 48.5 Å². The van der Waals surface area contributed by atoms with E-state index in [1.54, 1.807) is 4.90 Å². The van der Waals surface area contributed by atoms with E-state index < -0.39 is 30.4 Å². The zero-order valence-corrected chi connectivity index (χ0v) is 19.8. The fourth-order valence-electron chi connectivity index (χ4n) is 4.81. The van der Waals surface area contributed by atoms with Crippen molar-refractivity contribution in [3.8, 4) is 11.1 Å². The van der Waals surface area contributed by atoms with E-state index in [9.17, 15) is 19.5 Å². The standard InChI is InChI=1S/C26H31N3O5/c1-26(2)16-29(13-12-28(26)3)24(32)22(14-23(30)31)27-25(33)34-15-21-19-10-6-4-8-17(19)18-9-5-7-11-20(18)21/h4-11,21-22H,12-16H2,1-3H3,(H,27,33)(H,30,31). The molecule has 2 aromatic carbocycles. The Morgan fingerprint density at radius 2 is 1.65 bits per heavy atom. The molecule has 2 amide bonds. The molecule has 2 aromatic rings. The van der Waals surface area contributed by atoms with E-state index in [2.05, 4.69) is 10.2 Å². The second kappa shape index (κ2) is 9.46. The van der Waals surface area contributed by atoms with E-state index in [0.717, 1.165) is 22.3 Å². The molecule has 2 N–H and O–H groups in total. The predicted octanol–water partition coefficient (Wildman–Crippen LogP) is 2.92. The molecule has 2 aliphatic rings. The van der Waals surface area contributed by atoms with E-state index in [1.807, 2.05) is 69.4 Å². The van der Waals surface area contributed by atoms with Gasteiger partial charge in [0.15, 0.2) is 0 Å². The van der Waals surface area contributed by atoms with Crippen molar-refractivity contribution < 1.29 is 24.2 Å². The highest BCUT2D eigenvalue weighted by atomic mass is 16.5. The number of ether oxygens (including phenoxy) is 1. The summed E-state index contributed by atoms with van der Waals surface area (Å²) in [5.74, 6) is -1.69. The van der Waals surface area contributed by atoms with Crippen molar-refractivity contribution in [3.05, 3.63) is 59.7 Å². The number of nitrogens with one attached hydrogen (secondary N) is 1. The summed E-state index contributed by atoms with van der Waals surface area (Å²) in [5.41, 5.74) is 4.14. The number of nitrogens with zero attached hydrogens (tertiary/aromatic N) is 2. The Kier molecular flexibility index (Phi) is 6.61. The van der Waals surface area contributed by atoms with Gasteiger partial charge in [0, 0.05) is 31.1 Å². The lowest BCUT2D eigenvalue weighted by Gasteiger charge is -2.46. The van der Waals surface area contributed by atoms with Crippen LogP contribution in [0.25, 0.3) is 11.1 Å². The monoisotopic (exact) mass is 465 g/mol. The molecule has 1 aliphatic heterocycles. The Morgan fingerprint density at radius 1 is 1.06 bits per heavy atom. The molecule has 8 heteroatoms. The van der Waals surface area contributed by atoms with E-state index >= 15 is 0 Å². The van der Waals surface area contributed by atoms with Crippen molar-refractivity contribution in [2.45, 2.75) is 37.8 Å². The third kappa shape index (κ3) is 4.77. The molecule has 1 heterocycles. The summed E-state index contributed by atoms with van der Waals surface area (Å²) in [6, 6.07) is 14.8. The number of likely N-dealkylation sites (N-methyl/N-ethyl adjacent to an activating group) is 1. The van der Waals surface area contributed by atoms with Crippen molar-refractivity contribution in [3.63, 3.8) is 0 Å². The summed E-state index contributed by atoms with van der Waals surface area (Å²) < 4.78 is 5.53. The van der Waals surface area contributed by atoms with Crippen molar-refractivity contribution in [2.75, 3.05) is 33.3 Å². The molecule has 8 nitrogen and oxygen atoms in total. The van der Waals surface area contributed by atoms with Gasteiger partial charge in [-0.2, -0.15) is 0 Å². The van der Waals surface area contributed by atoms with E-state index in [0.29, 0.717) is 19.6 Å². The van der Waals surface area contributed by atoms with Gasteiger partial charge in [0.2, 0.25) is 5.91 Å². The number of rotatable bonds is 6. The molecule has 4 rings (SSSR count). The molecule has 1 saturated heterocycles. The molecular formula is C26H31N3O5. The number of aliphatic carboxylic acids is 1. The fraction of sp³-hybridized carbons (Fsp3) is 0.423. The first-order valence-corrected chi connectivity index (χ1v) is 11.5. The van der Waals surface area contributed by atoms with Crippen LogP contribution in [0.1, 0.15) is 37.3 Å². The highest BCUT2D eigenvalue weighted by Crippen LogP contribution is 2.44. The summed E-state index contributed by atoms with van der Waals surface area (Å²) in [6.07, 6.45) is -1.30. The molecule has 1 aliphatic carbocycles. The van der Waals surface area contributed by atoms with Crippen LogP contribution >= 0.6 is 0 Å². The summed E-state index contributed by atoms with van der Waals surface area (Å²) in [4.78, 5) is 41.0. The number of amides is 2. The molecule has 180 valence electrons. The Morgan fingerprint density at radius 3 is 2.21 bits per heavy atom. The summed E-state index contributed by atoms with van der Waals surface area (Å²) in [7, 11) is 1.99. The SMILES string of the molecule is CN1CCN(C(=O)C(CC(=O)O)NC(=O)OCC2c3ccccc3-c3ccccc32)CC1(C)C. The third-order valence-corrected chi connectivity index (χ3v) is 6.94. The van der Waals surface area contributed by atoms with Gasteiger partial charge in [0.05, 0.1) is 6.42 Å². The molecule has 0 aromatic heterocycles. The van der Waals surface area contributed by atoms with Crippen LogP contribution < -0.4 is 5.32 Å². The van der Waals surface area contributed by atoms with Crippen molar-refractivity contribution in [1.29, 1.82) is 0 Å². The molecule has 1 fully saturated rings. The van der Waals surface area contributed by atoms with Gasteiger partial charge >= 0.3 is 12.1 Å². The Bertz CT molecular complexity index is 1050. The lowest BCUT2D eigenvalue weighted by Crippen LogP contribution is -2.62. The zero-order valence-electron chi connectivity index (χ0n) is 19.8. The Labute approximate surface area is 199 Å². The number of fused-ring (bicyclic) bond motifs is 3. The maximum atomic E-state index is 13.1. The maximum Gasteiger partial charge on any atom is 0.407 e. The minimum absolute atomic E-state index is 0.0926. The first-order chi connectivity index (χ1) is 16.2. The second-order valence-corrected chi connectivity index (χ2v) is 9.61. The zero-order chi connectivity index (χ0) is 24.5. The van der Waals surface area contributed by atoms with Gasteiger partial charge < -0.3 is 20.1 Å². The first kappa shape index (κ1) is 23.8. The van der Waals surface area contributed by atoms with Crippen LogP contribution in [0, 0.1) is 0 Å². The number of benzene rings is 2. The molecule has 1 atom stereocenters. The highest BCUT2D eigenvalue weighted by molar-refractivity contribution is 5.89. The molecule has 0 spiro atoms. The summed E-state index contributed by atoms with van der Waals surface area (Å²) in [5, 5.41) is 11.8. The number of hydrogen-bond donors (Lipinski definition) is 2. The van der Waals surface area contributed by atoms with Gasteiger partial charge in [-0.25, -0.2) is 4.79 Å². The van der Waals surface area contributed by atoms with Crippen molar-refractivity contribution >= 4 is 18.0 Å². The van der Waals surface area contributed by atoms with Gasteiger partial charge in [0.25, 0.3) is 0 Å². The lowest BCUT2D eigenvalue weighted by atomic mass is 9.98. The number of hydrogen-bond acceptors (Lipinski definition) is 5. The van der Waals surface area contributed by atoms with Crippen LogP contribution in [0.4, 0.5) is 4.79 Å². The maximum absolute atomic E-state index is 13.1. The molecule has 0 bridgehead atoms. The number of carboxylic acid groups (broad SMARTS) is 1. The van der Waals surface area contributed by atoms with Crippen LogP contribution in [0.5, 0.6) is 0 Å². The lowest BCUT2D eigenvalue weighted by molar-refractivity contribution is -0.144. The molecule has 1 unspecified atom stereocenters. The van der Waals surface area contributed by atoms with Gasteiger partial charge in [-0.05, 0) is 43.1 Å². The number of piperazine rings is 1. The first-order valence-electron chi connectivity index (χ1n) is 11.5. The van der Waals surface area contributed by atoms with Crippen LogP contribution in [-0.2, 0) is 14.3 Å². The van der Waals surface area contributed by atoms with Crippen molar-refractivity contribution in [1.82, 2.24) is 15.1 Å². The topological polar surface area (TPSA) is 99.2 Å². The number of alkyl carbamates (subject to hydrolysis) is 1. The second-order valence-electron chi connectivity index (χ2n) is 9.61. The summed E-state index contributed by atoms with van der Waals surface area (Å²) >= 11 is 0. The Balaban J connectivity index is 1.43. The number of carbonyl (C=O) groups excluding carboxylic acids is 2. The molecule has 0 radical (unpaired) electrons. The van der Waals surface area contributed by atoms with Gasteiger partial charge in [-0.3, -0.25) is 14.5 Å². The van der Waals surface area contributed by atoms with Crippen LogP contribution in [0.2, 0.25) is 0 Å². The van der Waals surface area contributed by atoms with Crippen LogP contribution in [0.3, 0.4) is 0 Å². The average Bonchev–Trinajstić information content (AvgIpc) is 3.12. The third-order valence-electron chi connectivity index (χ3n) is 6.94. The van der Waals surface area contributed by atoms with Gasteiger partial charge in [-0.15, -0.1) is 0 Å². The predicted molar refractivity (Wildman–Crippen MR) is 128 cm³/mol. The van der Waals surface area contributed by atoms with E-state index in [4.69, 9.17) is 4.74 Å². The minimum Gasteiger partial charge on any atom is -0.481 e. The molecule has 0 saturated carbocycles. The molecule has 34 heavy (non-hydrogen) atoms. The number of carboxylic acids is 1. The quantitative estimate of drug-likeness (QED) is 0.681. The largest absolute Gasteiger partial charge is 0.481 e. The molecular weight excluding hydrogens is 434 g/mol. The Hall–Kier alpha value is -3.39. The van der Waals surface area contributed by atoms with E-state index in [1.165, 1.54) is 0 Å². The summed E-state index contributed by atoms with van der Waals surface area (Å²) in [6.45, 7) is 5.74.